The van der Waals surface area contributed by atoms with Gasteiger partial charge in [0.15, 0.2) is 0 Å². The fourth-order valence-electron chi connectivity index (χ4n) is 0.842. The Labute approximate surface area is 67.0 Å². The van der Waals surface area contributed by atoms with E-state index in [1.165, 1.54) is 0 Å². The molecule has 1 heterocycles. The summed E-state index contributed by atoms with van der Waals surface area (Å²) in [4.78, 5) is 24.2. The van der Waals surface area contributed by atoms with Crippen LogP contribution >= 0.6 is 0 Å². The molecule has 1 rings (SSSR count). The second-order valence-corrected chi connectivity index (χ2v) is 2.19. The van der Waals surface area contributed by atoms with E-state index in [0.717, 1.165) is 0 Å². The van der Waals surface area contributed by atoms with Gasteiger partial charge in [-0.05, 0) is 0 Å². The zero-order valence-electron chi connectivity index (χ0n) is 5.94. The van der Waals surface area contributed by atoms with Gasteiger partial charge in [-0.3, -0.25) is 4.79 Å². The molecule has 0 aromatic rings. The molecule has 0 saturated heterocycles. The van der Waals surface area contributed by atoms with Gasteiger partial charge >= 0.3 is 5.97 Å². The number of carbonyl (C=O) groups excluding carboxylic acids is 1. The summed E-state index contributed by atoms with van der Waals surface area (Å²) in [5, 5.41) is 17.5. The van der Waals surface area contributed by atoms with Crippen molar-refractivity contribution in [3.63, 3.8) is 0 Å². The summed E-state index contributed by atoms with van der Waals surface area (Å²) < 4.78 is 0. The van der Waals surface area contributed by atoms with Crippen molar-refractivity contribution in [2.45, 2.75) is 6.42 Å². The Morgan fingerprint density at radius 1 is 1.58 bits per heavy atom. The Bertz CT molecular complexity index is 316. The number of aliphatic imine (C=N–C) groups is 1. The molecule has 6 heteroatoms. The lowest BCUT2D eigenvalue weighted by Gasteiger charge is -2.09. The molecule has 0 radical (unpaired) electrons. The molecule has 0 saturated carbocycles. The van der Waals surface area contributed by atoms with E-state index >= 15 is 0 Å². The van der Waals surface area contributed by atoms with Crippen molar-refractivity contribution in [1.82, 2.24) is 0 Å². The lowest BCUT2D eigenvalue weighted by atomic mass is 10.1. The summed E-state index contributed by atoms with van der Waals surface area (Å²) in [7, 11) is 0. The van der Waals surface area contributed by atoms with Crippen LogP contribution in [0, 0.1) is 0 Å². The molecule has 12 heavy (non-hydrogen) atoms. The molecule has 0 bridgehead atoms. The number of amidine groups is 1. The molecule has 0 unspecified atom stereocenters. The van der Waals surface area contributed by atoms with E-state index in [1.807, 2.05) is 0 Å². The third-order valence-corrected chi connectivity index (χ3v) is 1.32. The molecule has 0 aromatic carbocycles. The van der Waals surface area contributed by atoms with Gasteiger partial charge in [-0.2, -0.15) is 4.99 Å². The predicted molar refractivity (Wildman–Crippen MR) is 38.5 cm³/mol. The number of rotatable bonds is 1. The second kappa shape index (κ2) is 2.65. The summed E-state index contributed by atoms with van der Waals surface area (Å²) in [6.45, 7) is 0. The van der Waals surface area contributed by atoms with Crippen LogP contribution in [0.1, 0.15) is 6.42 Å². The van der Waals surface area contributed by atoms with E-state index in [9.17, 15) is 9.59 Å². The minimum absolute atomic E-state index is 0.400. The minimum atomic E-state index is -1.39. The number of aliphatic hydroxyl groups excluding tert-OH is 1. The Hall–Kier alpha value is -1.85. The number of carbonyl (C=O) groups is 2. The molecular weight excluding hydrogens is 164 g/mol. The molecule has 0 aliphatic carbocycles. The minimum Gasteiger partial charge on any atom is -0.511 e. The van der Waals surface area contributed by atoms with Crippen LogP contribution in [0.2, 0.25) is 0 Å². The number of hydrogen-bond acceptors (Lipinski definition) is 4. The summed E-state index contributed by atoms with van der Waals surface area (Å²) in [5.41, 5.74) is 4.60. The number of nitrogens with two attached hydrogens (primary N) is 1. The molecule has 1 aliphatic rings. The van der Waals surface area contributed by atoms with Gasteiger partial charge in [-0.15, -0.1) is 0 Å². The monoisotopic (exact) mass is 170 g/mol. The smallest absolute Gasteiger partial charge is 0.342 e. The van der Waals surface area contributed by atoms with Crippen molar-refractivity contribution < 1.29 is 19.8 Å². The first kappa shape index (κ1) is 8.25. The Morgan fingerprint density at radius 2 is 2.17 bits per heavy atom. The molecule has 1 amide bonds. The standard InChI is InChI=1S/C6H6N2O4/c7-5-4(6(11)12)2(9)1-3(10)8-5/h9H,1H2,(H,11,12)(H2,7,8,10). The fourth-order valence-corrected chi connectivity index (χ4v) is 0.842. The van der Waals surface area contributed by atoms with Gasteiger partial charge in [0, 0.05) is 0 Å². The third kappa shape index (κ3) is 1.26. The van der Waals surface area contributed by atoms with Crippen molar-refractivity contribution >= 4 is 17.7 Å². The second-order valence-electron chi connectivity index (χ2n) is 2.19. The zero-order chi connectivity index (χ0) is 9.30. The number of hydrogen-bond donors (Lipinski definition) is 3. The van der Waals surface area contributed by atoms with Crippen LogP contribution in [-0.4, -0.2) is 27.9 Å². The molecule has 0 fully saturated rings. The van der Waals surface area contributed by atoms with Crippen LogP contribution in [0.15, 0.2) is 16.3 Å². The van der Waals surface area contributed by atoms with Crippen molar-refractivity contribution in [3.8, 4) is 0 Å². The normalized spacial score (nSPS) is 17.7. The molecule has 64 valence electrons. The summed E-state index contributed by atoms with van der Waals surface area (Å²) in [6, 6.07) is 0. The molecule has 4 N–H and O–H groups in total. The number of aliphatic hydroxyl groups is 1. The predicted octanol–water partition coefficient (Wildman–Crippen LogP) is -0.829. The SMILES string of the molecule is NC1=NC(=O)CC(O)=C1C(=O)O. The van der Waals surface area contributed by atoms with E-state index in [2.05, 4.69) is 4.99 Å². The van der Waals surface area contributed by atoms with Gasteiger partial charge in [0.2, 0.25) is 0 Å². The van der Waals surface area contributed by atoms with Gasteiger partial charge in [-0.1, -0.05) is 0 Å². The van der Waals surface area contributed by atoms with Crippen LogP contribution in [0.5, 0.6) is 0 Å². The quantitative estimate of drug-likeness (QED) is 0.475. The van der Waals surface area contributed by atoms with Crippen LogP contribution in [0.4, 0.5) is 0 Å². The first-order valence-corrected chi connectivity index (χ1v) is 3.05. The first-order valence-electron chi connectivity index (χ1n) is 3.05. The molecule has 1 aliphatic heterocycles. The number of dihydropyridines is 1. The lowest BCUT2D eigenvalue weighted by Crippen LogP contribution is -2.28. The number of nitrogens with zero attached hydrogens (tertiary/aromatic N) is 1. The largest absolute Gasteiger partial charge is 0.511 e. The zero-order valence-corrected chi connectivity index (χ0v) is 5.94. The molecular formula is C6H6N2O4. The highest BCUT2D eigenvalue weighted by Crippen LogP contribution is 2.12. The van der Waals surface area contributed by atoms with Crippen molar-refractivity contribution in [3.05, 3.63) is 11.3 Å². The average molecular weight is 170 g/mol. The maximum Gasteiger partial charge on any atom is 0.342 e. The van der Waals surface area contributed by atoms with Gasteiger partial charge in [0.1, 0.15) is 17.2 Å². The van der Waals surface area contributed by atoms with E-state index < -0.39 is 35.5 Å². The number of amides is 1. The van der Waals surface area contributed by atoms with Gasteiger partial charge in [0.05, 0.1) is 6.42 Å². The molecule has 0 spiro atoms. The fraction of sp³-hybridized carbons (Fsp3) is 0.167. The molecule has 6 nitrogen and oxygen atoms in total. The highest BCUT2D eigenvalue weighted by Gasteiger charge is 2.24. The van der Waals surface area contributed by atoms with Crippen molar-refractivity contribution in [1.29, 1.82) is 0 Å². The van der Waals surface area contributed by atoms with Crippen LogP contribution in [0.3, 0.4) is 0 Å². The van der Waals surface area contributed by atoms with Crippen LogP contribution in [-0.2, 0) is 9.59 Å². The lowest BCUT2D eigenvalue weighted by molar-refractivity contribution is -0.132. The summed E-state index contributed by atoms with van der Waals surface area (Å²) in [5.74, 6) is -3.02. The van der Waals surface area contributed by atoms with Crippen LogP contribution in [0.25, 0.3) is 0 Å². The van der Waals surface area contributed by atoms with Crippen molar-refractivity contribution in [2.75, 3.05) is 0 Å². The van der Waals surface area contributed by atoms with Gasteiger partial charge < -0.3 is 15.9 Å². The number of carboxylic acids is 1. The molecule has 0 atom stereocenters. The highest BCUT2D eigenvalue weighted by atomic mass is 16.4. The van der Waals surface area contributed by atoms with Crippen molar-refractivity contribution in [2.24, 2.45) is 10.7 Å². The maximum atomic E-state index is 10.6. The third-order valence-electron chi connectivity index (χ3n) is 1.32. The summed E-state index contributed by atoms with van der Waals surface area (Å²) >= 11 is 0. The van der Waals surface area contributed by atoms with E-state index in [0.29, 0.717) is 0 Å². The van der Waals surface area contributed by atoms with E-state index in [-0.39, 0.29) is 0 Å². The molecule has 0 aromatic heterocycles. The first-order chi connectivity index (χ1) is 5.52. The Kier molecular flexibility index (Phi) is 1.82. The Morgan fingerprint density at radius 3 is 2.58 bits per heavy atom. The van der Waals surface area contributed by atoms with Gasteiger partial charge in [-0.25, -0.2) is 4.79 Å². The van der Waals surface area contributed by atoms with Gasteiger partial charge in [0.25, 0.3) is 5.91 Å². The Balaban J connectivity index is 3.14. The van der Waals surface area contributed by atoms with E-state index in [1.54, 1.807) is 0 Å². The number of carboxylic acid groups (broad SMARTS) is 1. The topological polar surface area (TPSA) is 113 Å². The number of aliphatic carboxylic acids is 1. The highest BCUT2D eigenvalue weighted by molar-refractivity contribution is 6.22. The maximum absolute atomic E-state index is 10.6. The average Bonchev–Trinajstić information content (AvgIpc) is 1.82. The van der Waals surface area contributed by atoms with E-state index in [4.69, 9.17) is 15.9 Å². The summed E-state index contributed by atoms with van der Waals surface area (Å²) in [6.07, 6.45) is -0.400. The van der Waals surface area contributed by atoms with Crippen LogP contribution < -0.4 is 5.73 Å².